The van der Waals surface area contributed by atoms with Crippen molar-refractivity contribution in [3.8, 4) is 5.82 Å². The van der Waals surface area contributed by atoms with Gasteiger partial charge in [0, 0.05) is 44.5 Å². The van der Waals surface area contributed by atoms with Crippen LogP contribution in [0, 0.1) is 17.0 Å². The molecule has 0 saturated carbocycles. The highest BCUT2D eigenvalue weighted by molar-refractivity contribution is 7.89. The second-order valence-electron chi connectivity index (χ2n) is 6.79. The van der Waals surface area contributed by atoms with Crippen molar-refractivity contribution >= 4 is 21.5 Å². The standard InChI is InChI=1S/C18H19N7O4S/c1-14-8-9-24(21-14)18-7-6-17(19-20-18)22-10-12-23(13-11-22)30(28,29)16-4-2-15(3-5-16)25(26)27/h2-9H,10-13H2,1H3. The first kappa shape index (κ1) is 19.9. The molecule has 1 aliphatic rings. The fourth-order valence-electron chi connectivity index (χ4n) is 3.20. The third-order valence-electron chi connectivity index (χ3n) is 4.84. The Morgan fingerprint density at radius 3 is 2.10 bits per heavy atom. The number of anilines is 1. The average Bonchev–Trinajstić information content (AvgIpc) is 3.20. The van der Waals surface area contributed by atoms with Gasteiger partial charge < -0.3 is 4.90 Å². The molecule has 2 aromatic heterocycles. The molecule has 1 aromatic carbocycles. The Bertz CT molecular complexity index is 1150. The number of piperazine rings is 1. The van der Waals surface area contributed by atoms with Gasteiger partial charge in [-0.1, -0.05) is 0 Å². The van der Waals surface area contributed by atoms with Crippen molar-refractivity contribution in [2.45, 2.75) is 11.8 Å². The number of hydrogen-bond donors (Lipinski definition) is 0. The minimum absolute atomic E-state index is 0.0419. The minimum atomic E-state index is -3.71. The number of rotatable bonds is 5. The lowest BCUT2D eigenvalue weighted by molar-refractivity contribution is -0.384. The summed E-state index contributed by atoms with van der Waals surface area (Å²) in [6.45, 7) is 3.37. The molecule has 3 heterocycles. The van der Waals surface area contributed by atoms with Crippen molar-refractivity contribution in [2.24, 2.45) is 0 Å². The van der Waals surface area contributed by atoms with Crippen LogP contribution in [-0.4, -0.2) is 63.8 Å². The van der Waals surface area contributed by atoms with Crippen LogP contribution in [0.3, 0.4) is 0 Å². The van der Waals surface area contributed by atoms with E-state index in [-0.39, 0.29) is 23.7 Å². The zero-order valence-corrected chi connectivity index (χ0v) is 16.9. The third-order valence-corrected chi connectivity index (χ3v) is 6.75. The number of nitro benzene ring substituents is 1. The van der Waals surface area contributed by atoms with E-state index in [4.69, 9.17) is 0 Å². The smallest absolute Gasteiger partial charge is 0.269 e. The van der Waals surface area contributed by atoms with E-state index in [0.29, 0.717) is 24.7 Å². The van der Waals surface area contributed by atoms with Crippen LogP contribution in [0.15, 0.2) is 53.6 Å². The number of nitrogens with zero attached hydrogens (tertiary/aromatic N) is 7. The number of benzene rings is 1. The Labute approximate surface area is 172 Å². The van der Waals surface area contributed by atoms with Crippen LogP contribution >= 0.6 is 0 Å². The first-order valence-corrected chi connectivity index (χ1v) is 10.6. The first-order valence-electron chi connectivity index (χ1n) is 9.20. The van der Waals surface area contributed by atoms with E-state index in [9.17, 15) is 18.5 Å². The van der Waals surface area contributed by atoms with Gasteiger partial charge in [0.15, 0.2) is 11.6 Å². The Morgan fingerprint density at radius 2 is 1.57 bits per heavy atom. The van der Waals surface area contributed by atoms with E-state index >= 15 is 0 Å². The fraction of sp³-hybridized carbons (Fsp3) is 0.278. The molecular weight excluding hydrogens is 410 g/mol. The molecule has 1 saturated heterocycles. The zero-order valence-electron chi connectivity index (χ0n) is 16.1. The summed E-state index contributed by atoms with van der Waals surface area (Å²) in [7, 11) is -3.71. The van der Waals surface area contributed by atoms with E-state index in [2.05, 4.69) is 15.3 Å². The average molecular weight is 429 g/mol. The van der Waals surface area contributed by atoms with Crippen molar-refractivity contribution < 1.29 is 13.3 Å². The summed E-state index contributed by atoms with van der Waals surface area (Å²) in [4.78, 5) is 12.2. The number of non-ortho nitro benzene ring substituents is 1. The molecule has 4 rings (SSSR count). The molecule has 11 nitrogen and oxygen atoms in total. The molecule has 0 unspecified atom stereocenters. The normalized spacial score (nSPS) is 15.3. The van der Waals surface area contributed by atoms with Crippen LogP contribution in [0.25, 0.3) is 5.82 Å². The molecule has 156 valence electrons. The summed E-state index contributed by atoms with van der Waals surface area (Å²) < 4.78 is 28.6. The Morgan fingerprint density at radius 1 is 0.933 bits per heavy atom. The first-order chi connectivity index (χ1) is 14.3. The SMILES string of the molecule is Cc1ccn(-c2ccc(N3CCN(S(=O)(=O)c4ccc([N+](=O)[O-])cc4)CC3)nn2)n1. The molecule has 30 heavy (non-hydrogen) atoms. The lowest BCUT2D eigenvalue weighted by Crippen LogP contribution is -2.49. The van der Waals surface area contributed by atoms with Crippen LogP contribution < -0.4 is 4.90 Å². The summed E-state index contributed by atoms with van der Waals surface area (Å²) in [6.07, 6.45) is 1.81. The largest absolute Gasteiger partial charge is 0.352 e. The number of aryl methyl sites for hydroxylation is 1. The lowest BCUT2D eigenvalue weighted by Gasteiger charge is -2.34. The van der Waals surface area contributed by atoms with Crippen molar-refractivity contribution in [1.82, 2.24) is 24.3 Å². The highest BCUT2D eigenvalue weighted by Crippen LogP contribution is 2.22. The molecule has 3 aromatic rings. The van der Waals surface area contributed by atoms with Gasteiger partial charge in [-0.15, -0.1) is 10.2 Å². The molecule has 1 aliphatic heterocycles. The van der Waals surface area contributed by atoms with E-state index in [0.717, 1.165) is 5.69 Å². The quantitative estimate of drug-likeness (QED) is 0.440. The van der Waals surface area contributed by atoms with Gasteiger partial charge in [-0.2, -0.15) is 9.40 Å². The second-order valence-corrected chi connectivity index (χ2v) is 8.73. The molecule has 12 heteroatoms. The molecule has 0 atom stereocenters. The number of hydrogen-bond acceptors (Lipinski definition) is 8. The number of sulfonamides is 1. The van der Waals surface area contributed by atoms with Crippen molar-refractivity contribution in [3.63, 3.8) is 0 Å². The molecular formula is C18H19N7O4S. The van der Waals surface area contributed by atoms with Gasteiger partial charge in [0.2, 0.25) is 10.0 Å². The van der Waals surface area contributed by atoms with Crippen molar-refractivity contribution in [2.75, 3.05) is 31.1 Å². The zero-order chi connectivity index (χ0) is 21.3. The lowest BCUT2D eigenvalue weighted by atomic mass is 10.3. The third kappa shape index (κ3) is 3.86. The molecule has 0 radical (unpaired) electrons. The topological polar surface area (TPSA) is 127 Å². The van der Waals surface area contributed by atoms with E-state index in [1.54, 1.807) is 10.9 Å². The molecule has 0 amide bonds. The monoisotopic (exact) mass is 429 g/mol. The summed E-state index contributed by atoms with van der Waals surface area (Å²) in [6, 6.07) is 10.4. The van der Waals surface area contributed by atoms with Gasteiger partial charge in [-0.25, -0.2) is 13.1 Å². The molecule has 0 aliphatic carbocycles. The van der Waals surface area contributed by atoms with E-state index in [1.807, 2.05) is 30.0 Å². The fourth-order valence-corrected chi connectivity index (χ4v) is 4.62. The van der Waals surface area contributed by atoms with Gasteiger partial charge in [0.1, 0.15) is 0 Å². The minimum Gasteiger partial charge on any atom is -0.352 e. The Balaban J connectivity index is 1.42. The number of nitro groups is 1. The maximum atomic E-state index is 12.8. The van der Waals surface area contributed by atoms with Crippen molar-refractivity contribution in [3.05, 3.63) is 64.5 Å². The molecule has 0 spiro atoms. The summed E-state index contributed by atoms with van der Waals surface area (Å²) >= 11 is 0. The van der Waals surface area contributed by atoms with Crippen LogP contribution in [0.1, 0.15) is 5.69 Å². The predicted octanol–water partition coefficient (Wildman–Crippen LogP) is 1.39. The van der Waals surface area contributed by atoms with Gasteiger partial charge in [0.25, 0.3) is 5.69 Å². The van der Waals surface area contributed by atoms with Crippen LogP contribution in [0.4, 0.5) is 11.5 Å². The highest BCUT2D eigenvalue weighted by atomic mass is 32.2. The van der Waals surface area contributed by atoms with Crippen molar-refractivity contribution in [1.29, 1.82) is 0 Å². The van der Waals surface area contributed by atoms with Crippen LogP contribution in [0.5, 0.6) is 0 Å². The maximum Gasteiger partial charge on any atom is 0.269 e. The Hall–Kier alpha value is -3.38. The van der Waals surface area contributed by atoms with Crippen LogP contribution in [-0.2, 0) is 10.0 Å². The Kier molecular flexibility index (Phi) is 5.18. The van der Waals surface area contributed by atoms with Gasteiger partial charge in [-0.05, 0) is 37.3 Å². The molecule has 1 fully saturated rings. The second kappa shape index (κ2) is 7.80. The molecule has 0 bridgehead atoms. The summed E-state index contributed by atoms with van der Waals surface area (Å²) in [5, 5.41) is 23.5. The summed E-state index contributed by atoms with van der Waals surface area (Å²) in [5.41, 5.74) is 0.734. The molecule has 0 N–H and O–H groups in total. The maximum absolute atomic E-state index is 12.8. The predicted molar refractivity (Wildman–Crippen MR) is 108 cm³/mol. The summed E-state index contributed by atoms with van der Waals surface area (Å²) in [5.74, 6) is 1.27. The number of aromatic nitrogens is 4. The van der Waals surface area contributed by atoms with Crippen LogP contribution in [0.2, 0.25) is 0 Å². The highest BCUT2D eigenvalue weighted by Gasteiger charge is 2.29. The van der Waals surface area contributed by atoms with Gasteiger partial charge >= 0.3 is 0 Å². The van der Waals surface area contributed by atoms with E-state index < -0.39 is 14.9 Å². The van der Waals surface area contributed by atoms with Gasteiger partial charge in [0.05, 0.1) is 15.5 Å². The van der Waals surface area contributed by atoms with E-state index in [1.165, 1.54) is 28.6 Å². The van der Waals surface area contributed by atoms with Gasteiger partial charge in [-0.3, -0.25) is 10.1 Å².